The Morgan fingerprint density at radius 3 is 2.58 bits per heavy atom. The van der Waals surface area contributed by atoms with Gasteiger partial charge in [0.05, 0.1) is 24.6 Å². The topological polar surface area (TPSA) is 64.8 Å². The van der Waals surface area contributed by atoms with Gasteiger partial charge in [0.15, 0.2) is 11.5 Å². The number of nitrogens with two attached hydrogens (primary N) is 1. The van der Waals surface area contributed by atoms with E-state index in [0.29, 0.717) is 28.3 Å². The van der Waals surface area contributed by atoms with Crippen molar-refractivity contribution in [1.29, 1.82) is 0 Å². The lowest BCUT2D eigenvalue weighted by Crippen LogP contribution is -2.26. The molecule has 0 radical (unpaired) electrons. The fraction of sp³-hybridized carbons (Fsp3) is 0.350. The fourth-order valence-electron chi connectivity index (χ4n) is 3.71. The minimum absolute atomic E-state index is 0.105. The van der Waals surface area contributed by atoms with E-state index in [4.69, 9.17) is 15.2 Å². The maximum absolute atomic E-state index is 15.0. The van der Waals surface area contributed by atoms with Crippen LogP contribution in [0.1, 0.15) is 47.9 Å². The molecule has 2 aliphatic rings. The molecule has 1 aliphatic heterocycles. The van der Waals surface area contributed by atoms with Crippen molar-refractivity contribution in [2.24, 2.45) is 0 Å². The van der Waals surface area contributed by atoms with E-state index in [1.165, 1.54) is 7.11 Å². The lowest BCUT2D eigenvalue weighted by atomic mass is 10.1. The molecule has 2 N–H and O–H groups in total. The van der Waals surface area contributed by atoms with E-state index in [2.05, 4.69) is 0 Å². The highest BCUT2D eigenvalue weighted by Gasteiger charge is 2.39. The zero-order chi connectivity index (χ0) is 18.3. The molecule has 0 spiro atoms. The van der Waals surface area contributed by atoms with E-state index in [9.17, 15) is 9.18 Å². The molecule has 26 heavy (non-hydrogen) atoms. The second-order valence-corrected chi connectivity index (χ2v) is 6.68. The number of nitrogens with zero attached hydrogens (tertiary/aromatic N) is 1. The van der Waals surface area contributed by atoms with Gasteiger partial charge in [-0.1, -0.05) is 18.2 Å². The molecule has 1 atom stereocenters. The van der Waals surface area contributed by atoms with Gasteiger partial charge in [-0.05, 0) is 31.7 Å². The average molecular weight is 356 g/mol. The summed E-state index contributed by atoms with van der Waals surface area (Å²) in [7, 11) is 1.53. The summed E-state index contributed by atoms with van der Waals surface area (Å²) in [5, 5.41) is 0. The van der Waals surface area contributed by atoms with Gasteiger partial charge >= 0.3 is 0 Å². The number of benzene rings is 2. The van der Waals surface area contributed by atoms with Gasteiger partial charge in [0.2, 0.25) is 6.30 Å². The number of halogens is 1. The number of hydrogen-bond donors (Lipinski definition) is 1. The minimum atomic E-state index is -1.58. The molecule has 1 heterocycles. The second kappa shape index (κ2) is 6.52. The molecular weight excluding hydrogens is 335 g/mol. The van der Waals surface area contributed by atoms with E-state index in [1.807, 2.05) is 0 Å². The van der Waals surface area contributed by atoms with Crippen molar-refractivity contribution in [3.63, 3.8) is 0 Å². The first-order chi connectivity index (χ1) is 12.6. The Morgan fingerprint density at radius 2 is 1.88 bits per heavy atom. The molecule has 1 unspecified atom stereocenters. The molecule has 2 aromatic carbocycles. The number of hydrogen-bond acceptors (Lipinski definition) is 4. The highest BCUT2D eigenvalue weighted by Crippen LogP contribution is 2.45. The summed E-state index contributed by atoms with van der Waals surface area (Å²) < 4.78 is 26.4. The number of carbonyl (C=O) groups is 1. The highest BCUT2D eigenvalue weighted by molar-refractivity contribution is 6.12. The number of alkyl halides is 1. The Hall–Kier alpha value is -2.76. The van der Waals surface area contributed by atoms with Crippen LogP contribution in [0.3, 0.4) is 0 Å². The van der Waals surface area contributed by atoms with Crippen LogP contribution in [-0.4, -0.2) is 19.1 Å². The Balaban J connectivity index is 1.73. The number of nitrogen functional groups attached to an aromatic ring is 1. The van der Waals surface area contributed by atoms with Crippen LogP contribution in [0.4, 0.5) is 15.8 Å². The van der Waals surface area contributed by atoms with Gasteiger partial charge in [-0.2, -0.15) is 0 Å². The third kappa shape index (κ3) is 2.66. The van der Waals surface area contributed by atoms with Crippen molar-refractivity contribution in [3.8, 4) is 11.5 Å². The Morgan fingerprint density at radius 1 is 1.15 bits per heavy atom. The average Bonchev–Trinajstić information content (AvgIpc) is 3.24. The van der Waals surface area contributed by atoms with E-state index in [0.717, 1.165) is 30.6 Å². The molecule has 4 rings (SSSR count). The van der Waals surface area contributed by atoms with Crippen molar-refractivity contribution in [1.82, 2.24) is 0 Å². The first-order valence-electron chi connectivity index (χ1n) is 8.81. The maximum Gasteiger partial charge on any atom is 0.261 e. The fourth-order valence-corrected chi connectivity index (χ4v) is 3.71. The largest absolute Gasteiger partial charge is 0.493 e. The molecule has 136 valence electrons. The summed E-state index contributed by atoms with van der Waals surface area (Å²) in [6, 6.07) is 9.88. The van der Waals surface area contributed by atoms with Crippen LogP contribution in [0, 0.1) is 0 Å². The first-order valence-corrected chi connectivity index (χ1v) is 8.81. The number of methoxy groups -OCH3 is 1. The van der Waals surface area contributed by atoms with Gasteiger partial charge in [-0.25, -0.2) is 4.39 Å². The zero-order valence-corrected chi connectivity index (χ0v) is 14.6. The number of fused-ring (bicyclic) bond motifs is 1. The number of carbonyl (C=O) groups excluding carboxylic acids is 1. The molecule has 6 heteroatoms. The van der Waals surface area contributed by atoms with Crippen molar-refractivity contribution < 1.29 is 18.7 Å². The van der Waals surface area contributed by atoms with Gasteiger partial charge in [-0.3, -0.25) is 9.69 Å². The third-order valence-electron chi connectivity index (χ3n) is 5.06. The van der Waals surface area contributed by atoms with E-state index < -0.39 is 12.2 Å². The predicted molar refractivity (Wildman–Crippen MR) is 97.4 cm³/mol. The molecular formula is C20H21FN2O3. The molecule has 1 fully saturated rings. The van der Waals surface area contributed by atoms with Gasteiger partial charge < -0.3 is 15.2 Å². The van der Waals surface area contributed by atoms with Crippen molar-refractivity contribution in [2.75, 3.05) is 17.7 Å². The molecule has 1 saturated carbocycles. The van der Waals surface area contributed by atoms with Crippen LogP contribution in [-0.2, 0) is 0 Å². The van der Waals surface area contributed by atoms with E-state index in [1.54, 1.807) is 36.4 Å². The van der Waals surface area contributed by atoms with Gasteiger partial charge in [0.25, 0.3) is 5.91 Å². The summed E-state index contributed by atoms with van der Waals surface area (Å²) in [5.41, 5.74) is 7.39. The van der Waals surface area contributed by atoms with Gasteiger partial charge in [0.1, 0.15) is 0 Å². The number of ether oxygens (including phenoxy) is 2. The Labute approximate surface area is 151 Å². The maximum atomic E-state index is 15.0. The lowest BCUT2D eigenvalue weighted by Gasteiger charge is -2.24. The highest BCUT2D eigenvalue weighted by atomic mass is 19.1. The summed E-state index contributed by atoms with van der Waals surface area (Å²) in [4.78, 5) is 13.8. The third-order valence-corrected chi connectivity index (χ3v) is 5.06. The molecule has 0 aromatic heterocycles. The van der Waals surface area contributed by atoms with Crippen LogP contribution < -0.4 is 20.1 Å². The number of anilines is 2. The summed E-state index contributed by atoms with van der Waals surface area (Å²) >= 11 is 0. The Bertz CT molecular complexity index is 849. The van der Waals surface area contributed by atoms with Crippen LogP contribution in [0.25, 0.3) is 0 Å². The molecule has 1 amide bonds. The van der Waals surface area contributed by atoms with Crippen LogP contribution >= 0.6 is 0 Å². The number of amides is 1. The lowest BCUT2D eigenvalue weighted by molar-refractivity contribution is 0.0975. The monoisotopic (exact) mass is 356 g/mol. The number of rotatable bonds is 4. The summed E-state index contributed by atoms with van der Waals surface area (Å²) in [6.45, 7) is 0. The minimum Gasteiger partial charge on any atom is -0.493 e. The van der Waals surface area contributed by atoms with Crippen molar-refractivity contribution in [2.45, 2.75) is 38.1 Å². The smallest absolute Gasteiger partial charge is 0.261 e. The van der Waals surface area contributed by atoms with Crippen LogP contribution in [0.5, 0.6) is 11.5 Å². The first kappa shape index (κ1) is 16.7. The van der Waals surface area contributed by atoms with Crippen LogP contribution in [0.2, 0.25) is 0 Å². The van der Waals surface area contributed by atoms with Crippen molar-refractivity contribution >= 4 is 17.3 Å². The zero-order valence-electron chi connectivity index (χ0n) is 14.6. The SMILES string of the molecule is COc1cc(N)c(N2C(=O)c3ccccc3C2F)cc1OC1CCCC1. The van der Waals surface area contributed by atoms with Gasteiger partial charge in [-0.15, -0.1) is 0 Å². The predicted octanol–water partition coefficient (Wildman–Crippen LogP) is 4.23. The van der Waals surface area contributed by atoms with Gasteiger partial charge in [0, 0.05) is 23.3 Å². The van der Waals surface area contributed by atoms with Crippen molar-refractivity contribution in [3.05, 3.63) is 47.5 Å². The summed E-state index contributed by atoms with van der Waals surface area (Å²) in [6.07, 6.45) is 2.73. The second-order valence-electron chi connectivity index (χ2n) is 6.68. The standard InChI is InChI=1S/C20H21FN2O3/c1-25-17-10-15(22)16(11-18(17)26-12-6-2-3-7-12)23-19(21)13-8-4-5-9-14(13)20(23)24/h4-5,8-12,19H,2-3,6-7,22H2,1H3. The molecule has 5 nitrogen and oxygen atoms in total. The molecule has 2 aromatic rings. The molecule has 0 saturated heterocycles. The van der Waals surface area contributed by atoms with E-state index >= 15 is 0 Å². The molecule has 0 bridgehead atoms. The quantitative estimate of drug-likeness (QED) is 0.658. The Kier molecular flexibility index (Phi) is 4.18. The summed E-state index contributed by atoms with van der Waals surface area (Å²) in [5.74, 6) is 0.564. The van der Waals surface area contributed by atoms with E-state index in [-0.39, 0.29) is 11.8 Å². The molecule has 1 aliphatic carbocycles. The van der Waals surface area contributed by atoms with Crippen LogP contribution in [0.15, 0.2) is 36.4 Å². The normalized spacial score (nSPS) is 19.7.